The number of nitrogens with zero attached hydrogens (tertiary/aromatic N) is 5. The standard InChI is InChI=1S/C22H25N5OS/c28-20(26-9-3-4-10-26)16-25-11-13-27(14-12-25)22-17-6-1-2-7-18(17)23-21(24-22)19-8-5-15-29-19/h1-2,5-8,15H,3-4,9-14,16H2. The zero-order chi connectivity index (χ0) is 19.6. The van der Waals surface area contributed by atoms with Crippen LogP contribution in [0, 0.1) is 0 Å². The molecule has 0 saturated carbocycles. The summed E-state index contributed by atoms with van der Waals surface area (Å²) in [5.41, 5.74) is 0.979. The fourth-order valence-electron chi connectivity index (χ4n) is 4.19. The molecular weight excluding hydrogens is 382 g/mol. The molecule has 6 nitrogen and oxygen atoms in total. The molecular formula is C22H25N5OS. The Morgan fingerprint density at radius 2 is 1.72 bits per heavy atom. The summed E-state index contributed by atoms with van der Waals surface area (Å²) in [5, 5.41) is 3.15. The normalized spacial score (nSPS) is 17.9. The maximum atomic E-state index is 12.5. The Balaban J connectivity index is 1.34. The van der Waals surface area contributed by atoms with Gasteiger partial charge in [-0.3, -0.25) is 9.69 Å². The van der Waals surface area contributed by atoms with Crippen molar-refractivity contribution < 1.29 is 4.79 Å². The van der Waals surface area contributed by atoms with E-state index in [1.165, 1.54) is 0 Å². The van der Waals surface area contributed by atoms with Crippen LogP contribution in [0.1, 0.15) is 12.8 Å². The Bertz CT molecular complexity index is 992. The van der Waals surface area contributed by atoms with Crippen molar-refractivity contribution in [2.75, 3.05) is 50.7 Å². The van der Waals surface area contributed by atoms with Gasteiger partial charge >= 0.3 is 0 Å². The third-order valence-electron chi connectivity index (χ3n) is 5.81. The smallest absolute Gasteiger partial charge is 0.236 e. The highest BCUT2D eigenvalue weighted by Gasteiger charge is 2.25. The lowest BCUT2D eigenvalue weighted by Gasteiger charge is -2.36. The van der Waals surface area contributed by atoms with Gasteiger partial charge in [-0.2, -0.15) is 0 Å². The van der Waals surface area contributed by atoms with E-state index in [0.717, 1.165) is 79.5 Å². The van der Waals surface area contributed by atoms with Gasteiger partial charge in [0, 0.05) is 44.7 Å². The second-order valence-electron chi connectivity index (χ2n) is 7.72. The molecule has 0 unspecified atom stereocenters. The average molecular weight is 408 g/mol. The highest BCUT2D eigenvalue weighted by molar-refractivity contribution is 7.13. The lowest BCUT2D eigenvalue weighted by atomic mass is 10.2. The topological polar surface area (TPSA) is 52.6 Å². The molecule has 0 radical (unpaired) electrons. The van der Waals surface area contributed by atoms with Gasteiger partial charge in [0.15, 0.2) is 5.82 Å². The summed E-state index contributed by atoms with van der Waals surface area (Å²) in [7, 11) is 0. The Kier molecular flexibility index (Phi) is 5.16. The first-order valence-corrected chi connectivity index (χ1v) is 11.2. The van der Waals surface area contributed by atoms with Crippen molar-refractivity contribution >= 4 is 34.0 Å². The maximum Gasteiger partial charge on any atom is 0.236 e. The minimum absolute atomic E-state index is 0.281. The fraction of sp³-hybridized carbons (Fsp3) is 0.409. The minimum atomic E-state index is 0.281. The SMILES string of the molecule is O=C(CN1CCN(c2nc(-c3cccs3)nc3ccccc23)CC1)N1CCCC1. The molecule has 4 heterocycles. The summed E-state index contributed by atoms with van der Waals surface area (Å²) in [5.74, 6) is 2.08. The van der Waals surface area contributed by atoms with Gasteiger partial charge < -0.3 is 9.80 Å². The average Bonchev–Trinajstić information content (AvgIpc) is 3.48. The second kappa shape index (κ2) is 8.08. The number of amides is 1. The lowest BCUT2D eigenvalue weighted by molar-refractivity contribution is -0.131. The van der Waals surface area contributed by atoms with Gasteiger partial charge in [-0.15, -0.1) is 11.3 Å². The first-order valence-electron chi connectivity index (χ1n) is 10.3. The number of aromatic nitrogens is 2. The van der Waals surface area contributed by atoms with Gasteiger partial charge in [-0.05, 0) is 36.4 Å². The van der Waals surface area contributed by atoms with Crippen molar-refractivity contribution in [3.63, 3.8) is 0 Å². The van der Waals surface area contributed by atoms with Crippen molar-refractivity contribution in [2.24, 2.45) is 0 Å². The van der Waals surface area contributed by atoms with Crippen LogP contribution >= 0.6 is 11.3 Å². The van der Waals surface area contributed by atoms with Gasteiger partial charge in [0.25, 0.3) is 0 Å². The van der Waals surface area contributed by atoms with Crippen LogP contribution in [0.2, 0.25) is 0 Å². The number of rotatable bonds is 4. The number of piperazine rings is 1. The Labute approximate surface area is 174 Å². The van der Waals surface area contributed by atoms with Crippen LogP contribution in [-0.2, 0) is 4.79 Å². The molecule has 7 heteroatoms. The summed E-state index contributed by atoms with van der Waals surface area (Å²) in [6.07, 6.45) is 2.29. The Morgan fingerprint density at radius 1 is 0.931 bits per heavy atom. The van der Waals surface area contributed by atoms with E-state index in [4.69, 9.17) is 9.97 Å². The molecule has 2 aliphatic heterocycles. The Hall–Kier alpha value is -2.51. The van der Waals surface area contributed by atoms with Crippen LogP contribution in [0.3, 0.4) is 0 Å². The van der Waals surface area contributed by atoms with E-state index in [0.29, 0.717) is 6.54 Å². The van der Waals surface area contributed by atoms with Crippen LogP contribution in [0.4, 0.5) is 5.82 Å². The second-order valence-corrected chi connectivity index (χ2v) is 8.66. The van der Waals surface area contributed by atoms with Gasteiger partial charge in [0.2, 0.25) is 5.91 Å². The van der Waals surface area contributed by atoms with Crippen LogP contribution in [0.15, 0.2) is 41.8 Å². The Morgan fingerprint density at radius 3 is 2.48 bits per heavy atom. The molecule has 5 rings (SSSR count). The summed E-state index contributed by atoms with van der Waals surface area (Å²) < 4.78 is 0. The molecule has 2 aromatic heterocycles. The van der Waals surface area contributed by atoms with Gasteiger partial charge in [-0.1, -0.05) is 18.2 Å². The quantitative estimate of drug-likeness (QED) is 0.665. The monoisotopic (exact) mass is 407 g/mol. The maximum absolute atomic E-state index is 12.5. The van der Waals surface area contributed by atoms with Crippen LogP contribution in [0.5, 0.6) is 0 Å². The highest BCUT2D eigenvalue weighted by atomic mass is 32.1. The molecule has 3 aromatic rings. The van der Waals surface area contributed by atoms with E-state index < -0.39 is 0 Å². The number of para-hydroxylation sites is 1. The van der Waals surface area contributed by atoms with Crippen molar-refractivity contribution in [2.45, 2.75) is 12.8 Å². The molecule has 0 atom stereocenters. The molecule has 1 amide bonds. The number of hydrogen-bond acceptors (Lipinski definition) is 6. The molecule has 0 N–H and O–H groups in total. The molecule has 0 aliphatic carbocycles. The van der Waals surface area contributed by atoms with E-state index in [1.54, 1.807) is 11.3 Å². The number of carbonyl (C=O) groups excluding carboxylic acids is 1. The van der Waals surface area contributed by atoms with Crippen LogP contribution < -0.4 is 4.90 Å². The molecule has 1 aromatic carbocycles. The number of fused-ring (bicyclic) bond motifs is 1. The van der Waals surface area contributed by atoms with Gasteiger partial charge in [0.05, 0.1) is 16.9 Å². The third kappa shape index (κ3) is 3.84. The lowest BCUT2D eigenvalue weighted by Crippen LogP contribution is -2.50. The van der Waals surface area contributed by atoms with Gasteiger partial charge in [0.1, 0.15) is 5.82 Å². The molecule has 2 aliphatic rings. The summed E-state index contributed by atoms with van der Waals surface area (Å²) in [4.78, 5) is 29.9. The van der Waals surface area contributed by atoms with E-state index >= 15 is 0 Å². The van der Waals surface area contributed by atoms with E-state index in [1.807, 2.05) is 23.1 Å². The van der Waals surface area contributed by atoms with Crippen molar-refractivity contribution in [3.8, 4) is 10.7 Å². The molecule has 0 bridgehead atoms. The fourth-order valence-corrected chi connectivity index (χ4v) is 4.85. The number of likely N-dealkylation sites (tertiary alicyclic amines) is 1. The van der Waals surface area contributed by atoms with E-state index in [-0.39, 0.29) is 5.91 Å². The number of benzene rings is 1. The summed E-state index contributed by atoms with van der Waals surface area (Å²) >= 11 is 1.67. The number of thiophene rings is 1. The van der Waals surface area contributed by atoms with E-state index in [9.17, 15) is 4.79 Å². The van der Waals surface area contributed by atoms with Crippen molar-refractivity contribution in [1.29, 1.82) is 0 Å². The molecule has 2 fully saturated rings. The first-order chi connectivity index (χ1) is 14.3. The molecule has 2 saturated heterocycles. The molecule has 0 spiro atoms. The predicted octanol–water partition coefficient (Wildman–Crippen LogP) is 3.10. The zero-order valence-corrected chi connectivity index (χ0v) is 17.3. The summed E-state index contributed by atoms with van der Waals surface area (Å²) in [6.45, 7) is 5.90. The number of hydrogen-bond donors (Lipinski definition) is 0. The van der Waals surface area contributed by atoms with Gasteiger partial charge in [-0.25, -0.2) is 9.97 Å². The first kappa shape index (κ1) is 18.5. The predicted molar refractivity (Wildman–Crippen MR) is 117 cm³/mol. The minimum Gasteiger partial charge on any atom is -0.353 e. The van der Waals surface area contributed by atoms with Crippen molar-refractivity contribution in [1.82, 2.24) is 19.8 Å². The van der Waals surface area contributed by atoms with Crippen LogP contribution in [-0.4, -0.2) is 71.5 Å². The largest absolute Gasteiger partial charge is 0.353 e. The number of anilines is 1. The van der Waals surface area contributed by atoms with Crippen LogP contribution in [0.25, 0.3) is 21.6 Å². The third-order valence-corrected chi connectivity index (χ3v) is 6.68. The van der Waals surface area contributed by atoms with E-state index in [2.05, 4.69) is 33.4 Å². The highest BCUT2D eigenvalue weighted by Crippen LogP contribution is 2.30. The van der Waals surface area contributed by atoms with Crippen molar-refractivity contribution in [3.05, 3.63) is 41.8 Å². The number of carbonyl (C=O) groups is 1. The molecule has 150 valence electrons. The molecule has 29 heavy (non-hydrogen) atoms. The summed E-state index contributed by atoms with van der Waals surface area (Å²) in [6, 6.07) is 12.3. The zero-order valence-electron chi connectivity index (χ0n) is 16.5.